The molecule has 0 fully saturated rings. The minimum Gasteiger partial charge on any atom is -0.369 e. The number of halogens is 2. The number of aliphatic imine (C=N–C) groups is 1. The Morgan fingerprint density at radius 2 is 2.07 bits per heavy atom. The number of nitrogens with zero attached hydrogens (tertiary/aromatic N) is 3. The van der Waals surface area contributed by atoms with Crippen LogP contribution < -0.4 is 0 Å². The van der Waals surface area contributed by atoms with E-state index in [1.165, 1.54) is 6.34 Å². The lowest BCUT2D eigenvalue weighted by Gasteiger charge is -2.04. The van der Waals surface area contributed by atoms with Gasteiger partial charge in [-0.15, -0.1) is 0 Å². The molecule has 0 spiro atoms. The van der Waals surface area contributed by atoms with Crippen molar-refractivity contribution in [3.63, 3.8) is 0 Å². The maximum Gasteiger partial charge on any atom is 0.146 e. The van der Waals surface area contributed by atoms with E-state index in [0.717, 1.165) is 6.07 Å². The Kier molecular flexibility index (Phi) is 3.34. The van der Waals surface area contributed by atoms with Crippen molar-refractivity contribution < 1.29 is 8.78 Å². The van der Waals surface area contributed by atoms with E-state index in [2.05, 4.69) is 4.99 Å². The largest absolute Gasteiger partial charge is 0.369 e. The molecule has 0 unspecified atom stereocenters. The van der Waals surface area contributed by atoms with Crippen LogP contribution in [0.2, 0.25) is 0 Å². The van der Waals surface area contributed by atoms with Crippen molar-refractivity contribution in [2.24, 2.45) is 4.99 Å². The predicted molar refractivity (Wildman–Crippen MR) is 52.9 cm³/mol. The van der Waals surface area contributed by atoms with E-state index < -0.39 is 11.6 Å². The van der Waals surface area contributed by atoms with Crippen LogP contribution in [-0.4, -0.2) is 25.3 Å². The van der Waals surface area contributed by atoms with Crippen molar-refractivity contribution in [2.75, 3.05) is 14.1 Å². The summed E-state index contributed by atoms with van der Waals surface area (Å²) in [5, 5.41) is 8.66. The van der Waals surface area contributed by atoms with Crippen LogP contribution in [0.3, 0.4) is 0 Å². The van der Waals surface area contributed by atoms with E-state index in [9.17, 15) is 8.78 Å². The Bertz CT molecular complexity index is 433. The lowest BCUT2D eigenvalue weighted by molar-refractivity contribution is 0.581. The number of hydrogen-bond acceptors (Lipinski definition) is 2. The van der Waals surface area contributed by atoms with Gasteiger partial charge in [-0.2, -0.15) is 5.26 Å². The number of benzene rings is 1. The van der Waals surface area contributed by atoms with Gasteiger partial charge >= 0.3 is 0 Å². The number of hydrogen-bond donors (Lipinski definition) is 0. The lowest BCUT2D eigenvalue weighted by atomic mass is 10.2. The van der Waals surface area contributed by atoms with Crippen molar-refractivity contribution in [1.82, 2.24) is 4.90 Å². The molecule has 78 valence electrons. The summed E-state index contributed by atoms with van der Waals surface area (Å²) in [5.41, 5.74) is -0.266. The van der Waals surface area contributed by atoms with Crippen LogP contribution in [0.15, 0.2) is 17.1 Å². The average Bonchev–Trinajstić information content (AvgIpc) is 2.13. The highest BCUT2D eigenvalue weighted by molar-refractivity contribution is 5.65. The molecular formula is C10H9F2N3. The minimum atomic E-state index is -0.900. The van der Waals surface area contributed by atoms with Gasteiger partial charge in [-0.3, -0.25) is 0 Å². The van der Waals surface area contributed by atoms with Crippen molar-refractivity contribution in [3.05, 3.63) is 29.3 Å². The molecule has 0 radical (unpaired) electrons. The Hall–Kier alpha value is -1.96. The van der Waals surface area contributed by atoms with Gasteiger partial charge in [0.15, 0.2) is 0 Å². The molecule has 0 aromatic heterocycles. The molecule has 0 heterocycles. The first-order chi connectivity index (χ1) is 7.04. The summed E-state index contributed by atoms with van der Waals surface area (Å²) in [6.45, 7) is 0. The zero-order chi connectivity index (χ0) is 11.4. The zero-order valence-corrected chi connectivity index (χ0v) is 8.33. The van der Waals surface area contributed by atoms with Crippen LogP contribution in [0.1, 0.15) is 5.56 Å². The van der Waals surface area contributed by atoms with E-state index >= 15 is 0 Å². The maximum absolute atomic E-state index is 13.1. The second-order valence-corrected chi connectivity index (χ2v) is 3.10. The Labute approximate surface area is 86.3 Å². The molecule has 3 nitrogen and oxygen atoms in total. The van der Waals surface area contributed by atoms with E-state index in [1.807, 2.05) is 0 Å². The highest BCUT2D eigenvalue weighted by Crippen LogP contribution is 2.22. The smallest absolute Gasteiger partial charge is 0.146 e. The highest BCUT2D eigenvalue weighted by Gasteiger charge is 2.09. The van der Waals surface area contributed by atoms with Crippen LogP contribution >= 0.6 is 0 Å². The molecule has 0 bridgehead atoms. The summed E-state index contributed by atoms with van der Waals surface area (Å²) in [7, 11) is 3.43. The van der Waals surface area contributed by atoms with Gasteiger partial charge in [-0.25, -0.2) is 13.8 Å². The van der Waals surface area contributed by atoms with Gasteiger partial charge in [0.25, 0.3) is 0 Å². The fourth-order valence-electron chi connectivity index (χ4n) is 0.950. The molecule has 0 saturated heterocycles. The summed E-state index contributed by atoms with van der Waals surface area (Å²) in [6, 6.07) is 3.32. The summed E-state index contributed by atoms with van der Waals surface area (Å²) in [6.07, 6.45) is 1.37. The minimum absolute atomic E-state index is 0.0105. The molecule has 1 rings (SSSR count). The van der Waals surface area contributed by atoms with E-state index in [4.69, 9.17) is 5.26 Å². The van der Waals surface area contributed by atoms with E-state index in [-0.39, 0.29) is 11.3 Å². The van der Waals surface area contributed by atoms with Gasteiger partial charge in [-0.05, 0) is 0 Å². The third kappa shape index (κ3) is 2.74. The fraction of sp³-hybridized carbons (Fsp3) is 0.200. The summed E-state index contributed by atoms with van der Waals surface area (Å²) in [5.74, 6) is -1.65. The monoisotopic (exact) mass is 209 g/mol. The first-order valence-electron chi connectivity index (χ1n) is 4.14. The zero-order valence-electron chi connectivity index (χ0n) is 8.33. The highest BCUT2D eigenvalue weighted by atomic mass is 19.1. The average molecular weight is 209 g/mol. The van der Waals surface area contributed by atoms with Gasteiger partial charge in [0.05, 0.1) is 12.0 Å². The first kappa shape index (κ1) is 11.1. The second-order valence-electron chi connectivity index (χ2n) is 3.10. The van der Waals surface area contributed by atoms with Crippen molar-refractivity contribution in [1.29, 1.82) is 5.26 Å². The molecule has 0 atom stereocenters. The number of rotatable bonds is 2. The molecule has 0 saturated carbocycles. The molecule has 15 heavy (non-hydrogen) atoms. The quantitative estimate of drug-likeness (QED) is 0.552. The maximum atomic E-state index is 13.1. The van der Waals surface area contributed by atoms with Crippen LogP contribution in [0.25, 0.3) is 0 Å². The van der Waals surface area contributed by atoms with Gasteiger partial charge in [0.2, 0.25) is 0 Å². The summed E-state index contributed by atoms with van der Waals surface area (Å²) >= 11 is 0. The van der Waals surface area contributed by atoms with Crippen molar-refractivity contribution in [3.8, 4) is 6.07 Å². The van der Waals surface area contributed by atoms with E-state index in [0.29, 0.717) is 6.07 Å². The van der Waals surface area contributed by atoms with Gasteiger partial charge in [0.1, 0.15) is 23.3 Å². The van der Waals surface area contributed by atoms with Crippen LogP contribution in [0.5, 0.6) is 0 Å². The van der Waals surface area contributed by atoms with Gasteiger partial charge in [0, 0.05) is 26.2 Å². The van der Waals surface area contributed by atoms with Gasteiger partial charge in [-0.1, -0.05) is 0 Å². The molecule has 1 aromatic rings. The summed E-state index contributed by atoms with van der Waals surface area (Å²) in [4.78, 5) is 5.40. The van der Waals surface area contributed by atoms with E-state index in [1.54, 1.807) is 25.1 Å². The third-order valence-electron chi connectivity index (χ3n) is 1.57. The van der Waals surface area contributed by atoms with Crippen LogP contribution in [0.4, 0.5) is 14.5 Å². The fourth-order valence-corrected chi connectivity index (χ4v) is 0.950. The molecule has 0 amide bonds. The van der Waals surface area contributed by atoms with Crippen molar-refractivity contribution >= 4 is 12.0 Å². The SMILES string of the molecule is CN(C)/C=N/c1cc(F)cc(F)c1C#N. The molecule has 0 aliphatic carbocycles. The standard InChI is InChI=1S/C10H9F2N3/c1-15(2)6-14-10-4-7(11)3-9(12)8(10)5-13/h3-4,6H,1-2H3/b14-6+. The second kappa shape index (κ2) is 4.51. The molecule has 0 aliphatic rings. The first-order valence-corrected chi connectivity index (χ1v) is 4.14. The molecule has 1 aromatic carbocycles. The van der Waals surface area contributed by atoms with Gasteiger partial charge < -0.3 is 4.90 Å². The van der Waals surface area contributed by atoms with Crippen molar-refractivity contribution in [2.45, 2.75) is 0 Å². The molecule has 5 heteroatoms. The van der Waals surface area contributed by atoms with Crippen LogP contribution in [0, 0.1) is 23.0 Å². The van der Waals surface area contributed by atoms with Crippen LogP contribution in [-0.2, 0) is 0 Å². The normalized spacial score (nSPS) is 10.3. The third-order valence-corrected chi connectivity index (χ3v) is 1.57. The Morgan fingerprint density at radius 3 is 2.60 bits per heavy atom. The Morgan fingerprint density at radius 1 is 1.40 bits per heavy atom. The predicted octanol–water partition coefficient (Wildman–Crippen LogP) is 2.06. The molecule has 0 N–H and O–H groups in total. The Balaban J connectivity index is 3.22. The number of nitriles is 1. The topological polar surface area (TPSA) is 39.4 Å². The molecule has 0 aliphatic heterocycles. The summed E-state index contributed by atoms with van der Waals surface area (Å²) < 4.78 is 25.9. The molecular weight excluding hydrogens is 200 g/mol. The lowest BCUT2D eigenvalue weighted by Crippen LogP contribution is -2.07.